The zero-order chi connectivity index (χ0) is 15.7. The highest BCUT2D eigenvalue weighted by molar-refractivity contribution is 6.34. The number of anilines is 1. The van der Waals surface area contributed by atoms with Crippen molar-refractivity contribution in [1.29, 1.82) is 0 Å². The highest BCUT2D eigenvalue weighted by Gasteiger charge is 2.24. The molecule has 1 aromatic carbocycles. The number of nitrogens with zero attached hydrogens (tertiary/aromatic N) is 2. The second-order valence-corrected chi connectivity index (χ2v) is 6.16. The van der Waals surface area contributed by atoms with Gasteiger partial charge in [0.25, 0.3) is 5.91 Å². The molecule has 3 rings (SSSR count). The molecule has 22 heavy (non-hydrogen) atoms. The quantitative estimate of drug-likeness (QED) is 0.939. The number of fused-ring (bicyclic) bond motifs is 1. The number of benzene rings is 1. The van der Waals surface area contributed by atoms with Crippen LogP contribution in [0.2, 0.25) is 5.02 Å². The summed E-state index contributed by atoms with van der Waals surface area (Å²) >= 11 is 6.04. The topological polar surface area (TPSA) is 45.2 Å². The maximum atomic E-state index is 12.4. The minimum Gasteiger partial charge on any atom is -0.322 e. The zero-order valence-corrected chi connectivity index (χ0v) is 13.4. The first-order valence-corrected chi connectivity index (χ1v) is 7.69. The average molecular weight is 316 g/mol. The van der Waals surface area contributed by atoms with Crippen LogP contribution in [-0.4, -0.2) is 21.8 Å². The van der Waals surface area contributed by atoms with E-state index >= 15 is 0 Å². The van der Waals surface area contributed by atoms with Crippen molar-refractivity contribution in [3.63, 3.8) is 0 Å². The summed E-state index contributed by atoms with van der Waals surface area (Å²) in [5.41, 5.74) is 3.76. The van der Waals surface area contributed by atoms with E-state index < -0.39 is 0 Å². The van der Waals surface area contributed by atoms with Crippen molar-refractivity contribution < 1.29 is 4.79 Å². The number of carbonyl (C=O) groups excluding carboxylic acids is 1. The third kappa shape index (κ3) is 2.85. The van der Waals surface area contributed by atoms with Gasteiger partial charge in [0.15, 0.2) is 0 Å². The monoisotopic (exact) mass is 315 g/mol. The van der Waals surface area contributed by atoms with Gasteiger partial charge in [-0.05, 0) is 37.1 Å². The van der Waals surface area contributed by atoms with Crippen LogP contribution in [0.25, 0.3) is 0 Å². The summed E-state index contributed by atoms with van der Waals surface area (Å²) in [6, 6.07) is 8.14. The molecule has 1 aromatic heterocycles. The summed E-state index contributed by atoms with van der Waals surface area (Å²) in [5.74, 6) is -0.205. The number of carbonyl (C=O) groups is 1. The van der Waals surface area contributed by atoms with Crippen molar-refractivity contribution >= 4 is 23.2 Å². The van der Waals surface area contributed by atoms with Crippen molar-refractivity contribution in [3.05, 3.63) is 58.4 Å². The molecule has 1 amide bonds. The molecule has 2 heterocycles. The van der Waals surface area contributed by atoms with E-state index in [2.05, 4.69) is 35.1 Å². The molecule has 114 valence electrons. The van der Waals surface area contributed by atoms with Gasteiger partial charge in [-0.25, -0.2) is 0 Å². The van der Waals surface area contributed by atoms with Crippen molar-refractivity contribution in [2.75, 3.05) is 5.32 Å². The van der Waals surface area contributed by atoms with Crippen molar-refractivity contribution in [2.24, 2.45) is 0 Å². The molecule has 1 N–H and O–H groups in total. The molecule has 0 fully saturated rings. The molecular weight excluding hydrogens is 298 g/mol. The minimum absolute atomic E-state index is 0.205. The third-order valence-electron chi connectivity index (χ3n) is 4.00. The number of amides is 1. The molecule has 0 spiro atoms. The number of aromatic nitrogens is 1. The van der Waals surface area contributed by atoms with Crippen LogP contribution >= 0.6 is 11.6 Å². The van der Waals surface area contributed by atoms with Crippen molar-refractivity contribution in [3.8, 4) is 0 Å². The fraction of sp³-hybridized carbons (Fsp3) is 0.294. The van der Waals surface area contributed by atoms with Gasteiger partial charge < -0.3 is 5.32 Å². The summed E-state index contributed by atoms with van der Waals surface area (Å²) in [6.07, 6.45) is 3.04. The largest absolute Gasteiger partial charge is 0.322 e. The summed E-state index contributed by atoms with van der Waals surface area (Å²) in [5, 5.41) is 3.34. The van der Waals surface area contributed by atoms with Gasteiger partial charge in [-0.15, -0.1) is 0 Å². The first-order chi connectivity index (χ1) is 10.6. The number of rotatable bonds is 3. The van der Waals surface area contributed by atoms with E-state index in [4.69, 9.17) is 11.6 Å². The van der Waals surface area contributed by atoms with E-state index in [0.717, 1.165) is 18.8 Å². The van der Waals surface area contributed by atoms with Crippen molar-refractivity contribution in [2.45, 2.75) is 33.0 Å². The van der Waals surface area contributed by atoms with E-state index in [-0.39, 0.29) is 5.91 Å². The van der Waals surface area contributed by atoms with E-state index in [0.29, 0.717) is 16.6 Å². The van der Waals surface area contributed by atoms with E-state index in [1.54, 1.807) is 12.3 Å². The molecule has 0 bridgehead atoms. The van der Waals surface area contributed by atoms with Crippen LogP contribution in [-0.2, 0) is 13.1 Å². The van der Waals surface area contributed by atoms with Gasteiger partial charge in [0.2, 0.25) is 0 Å². The summed E-state index contributed by atoms with van der Waals surface area (Å²) in [6.45, 7) is 6.14. The molecule has 0 radical (unpaired) electrons. The lowest BCUT2D eigenvalue weighted by atomic mass is 10.1. The van der Waals surface area contributed by atoms with Gasteiger partial charge in [0, 0.05) is 37.2 Å². The highest BCUT2D eigenvalue weighted by atomic mass is 35.5. The van der Waals surface area contributed by atoms with Gasteiger partial charge in [-0.1, -0.05) is 23.7 Å². The lowest BCUT2D eigenvalue weighted by molar-refractivity contribution is 0.102. The molecule has 0 aliphatic carbocycles. The Morgan fingerprint density at radius 3 is 2.86 bits per heavy atom. The average Bonchev–Trinajstić information content (AvgIpc) is 2.93. The number of hydrogen-bond acceptors (Lipinski definition) is 3. The van der Waals surface area contributed by atoms with Crippen LogP contribution in [0.1, 0.15) is 35.3 Å². The van der Waals surface area contributed by atoms with Crippen molar-refractivity contribution in [1.82, 2.24) is 9.88 Å². The Morgan fingerprint density at radius 2 is 2.14 bits per heavy atom. The Bertz CT molecular complexity index is 715. The van der Waals surface area contributed by atoms with Gasteiger partial charge in [-0.3, -0.25) is 14.7 Å². The predicted octanol–water partition coefficient (Wildman–Crippen LogP) is 3.71. The lowest BCUT2D eigenvalue weighted by Gasteiger charge is -2.19. The first kappa shape index (κ1) is 15.0. The van der Waals surface area contributed by atoms with Crippen LogP contribution in [0.15, 0.2) is 36.7 Å². The highest BCUT2D eigenvalue weighted by Crippen LogP contribution is 2.31. The molecule has 4 nitrogen and oxygen atoms in total. The van der Waals surface area contributed by atoms with Crippen LogP contribution in [0.3, 0.4) is 0 Å². The van der Waals surface area contributed by atoms with Gasteiger partial charge >= 0.3 is 0 Å². The molecule has 2 aromatic rings. The van der Waals surface area contributed by atoms with Crippen LogP contribution < -0.4 is 5.32 Å². The van der Waals surface area contributed by atoms with E-state index in [9.17, 15) is 4.79 Å². The SMILES string of the molecule is CC(C)N1Cc2cccc(NC(=O)c3ccncc3Cl)c2C1. The smallest absolute Gasteiger partial charge is 0.257 e. The lowest BCUT2D eigenvalue weighted by Crippen LogP contribution is -2.24. The number of halogens is 1. The van der Waals surface area contributed by atoms with Gasteiger partial charge in [0.1, 0.15) is 0 Å². The van der Waals surface area contributed by atoms with Crippen LogP contribution in [0.5, 0.6) is 0 Å². The van der Waals surface area contributed by atoms with E-state index in [1.807, 2.05) is 12.1 Å². The Kier molecular flexibility index (Phi) is 4.14. The molecule has 0 unspecified atom stereocenters. The molecule has 0 saturated carbocycles. The molecule has 0 saturated heterocycles. The Hall–Kier alpha value is -1.91. The Balaban J connectivity index is 1.85. The Morgan fingerprint density at radius 1 is 1.32 bits per heavy atom. The maximum absolute atomic E-state index is 12.4. The van der Waals surface area contributed by atoms with E-state index in [1.165, 1.54) is 17.3 Å². The summed E-state index contributed by atoms with van der Waals surface area (Å²) in [4.78, 5) is 18.7. The summed E-state index contributed by atoms with van der Waals surface area (Å²) < 4.78 is 0. The van der Waals surface area contributed by atoms with Crippen LogP contribution in [0, 0.1) is 0 Å². The third-order valence-corrected chi connectivity index (χ3v) is 4.30. The fourth-order valence-corrected chi connectivity index (χ4v) is 2.88. The van der Waals surface area contributed by atoms with Gasteiger partial charge in [-0.2, -0.15) is 0 Å². The molecule has 1 aliphatic rings. The predicted molar refractivity (Wildman–Crippen MR) is 88.0 cm³/mol. The molecule has 0 atom stereocenters. The first-order valence-electron chi connectivity index (χ1n) is 7.32. The van der Waals surface area contributed by atoms with Gasteiger partial charge in [0.05, 0.1) is 10.6 Å². The zero-order valence-electron chi connectivity index (χ0n) is 12.6. The number of nitrogens with one attached hydrogen (secondary N) is 1. The number of pyridine rings is 1. The standard InChI is InChI=1S/C17H18ClN3O/c1-11(2)21-9-12-4-3-5-16(14(12)10-21)20-17(22)13-6-7-19-8-15(13)18/h3-8,11H,9-10H2,1-2H3,(H,20,22). The second-order valence-electron chi connectivity index (χ2n) is 5.75. The Labute approximate surface area is 135 Å². The molecule has 1 aliphatic heterocycles. The fourth-order valence-electron chi connectivity index (χ4n) is 2.68. The number of hydrogen-bond donors (Lipinski definition) is 1. The molecule has 5 heteroatoms. The minimum atomic E-state index is -0.205. The second kappa shape index (κ2) is 6.07. The maximum Gasteiger partial charge on any atom is 0.257 e. The van der Waals surface area contributed by atoms with Crippen LogP contribution in [0.4, 0.5) is 5.69 Å². The normalized spacial score (nSPS) is 14.2. The summed E-state index contributed by atoms with van der Waals surface area (Å²) in [7, 11) is 0. The molecular formula is C17H18ClN3O.